The Balaban J connectivity index is 1.67. The molecule has 134 valence electrons. The molecular formula is C19H16F3N3O. The molecule has 0 atom stereocenters. The Morgan fingerprint density at radius 2 is 1.73 bits per heavy atom. The van der Waals surface area contributed by atoms with Gasteiger partial charge in [0.1, 0.15) is 0 Å². The van der Waals surface area contributed by atoms with Gasteiger partial charge in [-0.1, -0.05) is 30.3 Å². The van der Waals surface area contributed by atoms with Crippen LogP contribution in [0.25, 0.3) is 5.69 Å². The first-order valence-electron chi connectivity index (χ1n) is 7.91. The van der Waals surface area contributed by atoms with Crippen LogP contribution in [0.1, 0.15) is 27.3 Å². The van der Waals surface area contributed by atoms with E-state index in [1.807, 2.05) is 37.3 Å². The molecule has 1 heterocycles. The largest absolute Gasteiger partial charge is 0.416 e. The molecule has 2 aromatic carbocycles. The summed E-state index contributed by atoms with van der Waals surface area (Å²) in [6, 6.07) is 15.7. The number of alkyl halides is 3. The third kappa shape index (κ3) is 3.93. The minimum atomic E-state index is -4.37. The van der Waals surface area contributed by atoms with Gasteiger partial charge in [-0.2, -0.15) is 18.3 Å². The van der Waals surface area contributed by atoms with E-state index < -0.39 is 11.7 Å². The molecule has 3 aromatic rings. The first kappa shape index (κ1) is 17.7. The number of rotatable bonds is 4. The third-order valence-electron chi connectivity index (χ3n) is 3.86. The van der Waals surface area contributed by atoms with Gasteiger partial charge in [0.15, 0.2) is 5.69 Å². The zero-order valence-corrected chi connectivity index (χ0v) is 13.9. The van der Waals surface area contributed by atoms with Gasteiger partial charge < -0.3 is 5.32 Å². The number of halogens is 3. The maximum atomic E-state index is 12.6. The monoisotopic (exact) mass is 359 g/mol. The van der Waals surface area contributed by atoms with E-state index in [1.165, 1.54) is 12.1 Å². The van der Waals surface area contributed by atoms with Gasteiger partial charge in [-0.25, -0.2) is 4.68 Å². The molecule has 0 spiro atoms. The second-order valence-electron chi connectivity index (χ2n) is 5.80. The molecule has 0 saturated heterocycles. The number of carbonyl (C=O) groups excluding carboxylic acids is 1. The fourth-order valence-corrected chi connectivity index (χ4v) is 2.50. The van der Waals surface area contributed by atoms with Crippen molar-refractivity contribution in [3.05, 3.63) is 83.2 Å². The van der Waals surface area contributed by atoms with Crippen molar-refractivity contribution in [1.82, 2.24) is 15.1 Å². The SMILES string of the molecule is Cc1cc(C(=O)NCc2ccc(C(F)(F)F)cc2)nn1-c1ccccc1. The van der Waals surface area contributed by atoms with Crippen LogP contribution < -0.4 is 5.32 Å². The fraction of sp³-hybridized carbons (Fsp3) is 0.158. The second-order valence-corrected chi connectivity index (χ2v) is 5.80. The number of para-hydroxylation sites is 1. The summed E-state index contributed by atoms with van der Waals surface area (Å²) in [6.45, 7) is 1.96. The first-order chi connectivity index (χ1) is 12.3. The summed E-state index contributed by atoms with van der Waals surface area (Å²) in [6.07, 6.45) is -4.37. The predicted octanol–water partition coefficient (Wildman–Crippen LogP) is 4.13. The Hall–Kier alpha value is -3.09. The number of hydrogen-bond acceptors (Lipinski definition) is 2. The third-order valence-corrected chi connectivity index (χ3v) is 3.86. The maximum absolute atomic E-state index is 12.6. The summed E-state index contributed by atoms with van der Waals surface area (Å²) in [5.41, 5.74) is 1.75. The summed E-state index contributed by atoms with van der Waals surface area (Å²) in [5, 5.41) is 6.96. The number of nitrogens with zero attached hydrogens (tertiary/aromatic N) is 2. The van der Waals surface area contributed by atoms with Gasteiger partial charge in [0.25, 0.3) is 5.91 Å². The van der Waals surface area contributed by atoms with Gasteiger partial charge >= 0.3 is 6.18 Å². The molecule has 1 amide bonds. The van der Waals surface area contributed by atoms with Gasteiger partial charge in [0, 0.05) is 12.2 Å². The van der Waals surface area contributed by atoms with Crippen molar-refractivity contribution < 1.29 is 18.0 Å². The summed E-state index contributed by atoms with van der Waals surface area (Å²) >= 11 is 0. The molecule has 0 unspecified atom stereocenters. The molecule has 1 N–H and O–H groups in total. The maximum Gasteiger partial charge on any atom is 0.416 e. The van der Waals surface area contributed by atoms with Gasteiger partial charge in [-0.05, 0) is 42.8 Å². The zero-order chi connectivity index (χ0) is 18.7. The quantitative estimate of drug-likeness (QED) is 0.761. The number of aromatic nitrogens is 2. The highest BCUT2D eigenvalue weighted by Crippen LogP contribution is 2.29. The summed E-state index contributed by atoms with van der Waals surface area (Å²) in [7, 11) is 0. The summed E-state index contributed by atoms with van der Waals surface area (Å²) < 4.78 is 39.3. The van der Waals surface area contributed by atoms with Crippen molar-refractivity contribution in [1.29, 1.82) is 0 Å². The molecule has 7 heteroatoms. The highest BCUT2D eigenvalue weighted by Gasteiger charge is 2.29. The summed E-state index contributed by atoms with van der Waals surface area (Å²) in [4.78, 5) is 12.3. The van der Waals surface area contributed by atoms with Crippen molar-refractivity contribution in [3.63, 3.8) is 0 Å². The lowest BCUT2D eigenvalue weighted by atomic mass is 10.1. The lowest BCUT2D eigenvalue weighted by Gasteiger charge is -2.08. The summed E-state index contributed by atoms with van der Waals surface area (Å²) in [5.74, 6) is -0.386. The molecule has 3 rings (SSSR count). The topological polar surface area (TPSA) is 46.9 Å². The van der Waals surface area contributed by atoms with Crippen LogP contribution in [-0.4, -0.2) is 15.7 Å². The van der Waals surface area contributed by atoms with Crippen LogP contribution in [0.5, 0.6) is 0 Å². The molecule has 0 aliphatic heterocycles. The van der Waals surface area contributed by atoms with E-state index in [9.17, 15) is 18.0 Å². The molecule has 0 radical (unpaired) electrons. The molecule has 1 aromatic heterocycles. The van der Waals surface area contributed by atoms with E-state index in [0.717, 1.165) is 23.5 Å². The minimum absolute atomic E-state index is 0.119. The number of nitrogens with one attached hydrogen (secondary N) is 1. The minimum Gasteiger partial charge on any atom is -0.347 e. The van der Waals surface area contributed by atoms with Crippen LogP contribution in [0.2, 0.25) is 0 Å². The average molecular weight is 359 g/mol. The normalized spacial score (nSPS) is 11.4. The van der Waals surface area contributed by atoms with Gasteiger partial charge in [0.2, 0.25) is 0 Å². The van der Waals surface area contributed by atoms with Crippen LogP contribution in [-0.2, 0) is 12.7 Å². The van der Waals surface area contributed by atoms with Crippen LogP contribution >= 0.6 is 0 Å². The average Bonchev–Trinajstić information content (AvgIpc) is 3.02. The van der Waals surface area contributed by atoms with Crippen molar-refractivity contribution in [2.45, 2.75) is 19.6 Å². The molecule has 0 bridgehead atoms. The molecular weight excluding hydrogens is 343 g/mol. The van der Waals surface area contributed by atoms with E-state index in [0.29, 0.717) is 5.56 Å². The van der Waals surface area contributed by atoms with E-state index in [1.54, 1.807) is 10.7 Å². The second kappa shape index (κ2) is 7.03. The van der Waals surface area contributed by atoms with Crippen molar-refractivity contribution >= 4 is 5.91 Å². The van der Waals surface area contributed by atoms with Gasteiger partial charge in [-0.15, -0.1) is 0 Å². The lowest BCUT2D eigenvalue weighted by molar-refractivity contribution is -0.137. The van der Waals surface area contributed by atoms with Gasteiger partial charge in [-0.3, -0.25) is 4.79 Å². The van der Waals surface area contributed by atoms with Crippen LogP contribution in [0.3, 0.4) is 0 Å². The fourth-order valence-electron chi connectivity index (χ4n) is 2.50. The highest BCUT2D eigenvalue weighted by molar-refractivity contribution is 5.92. The zero-order valence-electron chi connectivity index (χ0n) is 13.9. The highest BCUT2D eigenvalue weighted by atomic mass is 19.4. The van der Waals surface area contributed by atoms with E-state index in [-0.39, 0.29) is 18.1 Å². The molecule has 0 aliphatic carbocycles. The molecule has 0 aliphatic rings. The lowest BCUT2D eigenvalue weighted by Crippen LogP contribution is -2.23. The van der Waals surface area contributed by atoms with Crippen LogP contribution in [0, 0.1) is 6.92 Å². The number of carbonyl (C=O) groups is 1. The van der Waals surface area contributed by atoms with E-state index >= 15 is 0 Å². The standard InChI is InChI=1S/C19H16F3N3O/c1-13-11-17(24-25(13)16-5-3-2-4-6-16)18(26)23-12-14-7-9-15(10-8-14)19(20,21)22/h2-11H,12H2,1H3,(H,23,26). The number of benzene rings is 2. The number of amides is 1. The Bertz CT molecular complexity index is 900. The van der Waals surface area contributed by atoms with E-state index in [2.05, 4.69) is 10.4 Å². The number of aryl methyl sites for hydroxylation is 1. The van der Waals surface area contributed by atoms with Crippen LogP contribution in [0.15, 0.2) is 60.7 Å². The Morgan fingerprint density at radius 3 is 2.35 bits per heavy atom. The Labute approximate surface area is 148 Å². The van der Waals surface area contributed by atoms with Crippen molar-refractivity contribution in [2.75, 3.05) is 0 Å². The first-order valence-corrected chi connectivity index (χ1v) is 7.91. The molecule has 4 nitrogen and oxygen atoms in total. The molecule has 26 heavy (non-hydrogen) atoms. The number of hydrogen-bond donors (Lipinski definition) is 1. The Morgan fingerprint density at radius 1 is 1.08 bits per heavy atom. The van der Waals surface area contributed by atoms with Gasteiger partial charge in [0.05, 0.1) is 11.3 Å². The smallest absolute Gasteiger partial charge is 0.347 e. The van der Waals surface area contributed by atoms with Crippen LogP contribution in [0.4, 0.5) is 13.2 Å². The van der Waals surface area contributed by atoms with Crippen molar-refractivity contribution in [3.8, 4) is 5.69 Å². The molecule has 0 fully saturated rings. The van der Waals surface area contributed by atoms with Crippen molar-refractivity contribution in [2.24, 2.45) is 0 Å². The Kier molecular flexibility index (Phi) is 4.79. The van der Waals surface area contributed by atoms with E-state index in [4.69, 9.17) is 0 Å². The predicted molar refractivity (Wildman–Crippen MR) is 90.9 cm³/mol. The molecule has 0 saturated carbocycles.